The van der Waals surface area contributed by atoms with Crippen LogP contribution in [0.5, 0.6) is 11.5 Å². The molecule has 8 nitrogen and oxygen atoms in total. The minimum Gasteiger partial charge on any atom is -0.498 e. The first-order chi connectivity index (χ1) is 27.7. The third-order valence-electron chi connectivity index (χ3n) is 10.2. The first kappa shape index (κ1) is 40.1. The lowest BCUT2D eigenvalue weighted by Crippen LogP contribution is -2.31. The van der Waals surface area contributed by atoms with Gasteiger partial charge in [0.2, 0.25) is 0 Å². The molecule has 0 atom stereocenters. The molecule has 0 unspecified atom stereocenters. The highest BCUT2D eigenvalue weighted by Gasteiger charge is 2.41. The van der Waals surface area contributed by atoms with E-state index in [2.05, 4.69) is 60.3 Å². The zero-order valence-corrected chi connectivity index (χ0v) is 32.7. The van der Waals surface area contributed by atoms with Gasteiger partial charge in [-0.05, 0) is 48.2 Å². The summed E-state index contributed by atoms with van der Waals surface area (Å²) in [4.78, 5) is 0. The lowest BCUT2D eigenvalue weighted by atomic mass is 9.77. The lowest BCUT2D eigenvalue weighted by Gasteiger charge is -2.28. The Balaban J connectivity index is 1.09. The van der Waals surface area contributed by atoms with Crippen molar-refractivity contribution in [2.75, 3.05) is 26.4 Å². The van der Waals surface area contributed by atoms with Crippen molar-refractivity contribution in [1.29, 1.82) is 0 Å². The first-order valence-corrected chi connectivity index (χ1v) is 18.9. The van der Waals surface area contributed by atoms with Crippen LogP contribution in [0.4, 0.5) is 0 Å². The van der Waals surface area contributed by atoms with Gasteiger partial charge in [0.05, 0.1) is 13.2 Å². The Hall–Kier alpha value is -6.58. The van der Waals surface area contributed by atoms with E-state index in [4.69, 9.17) is 18.9 Å². The molecule has 0 aromatic heterocycles. The topological polar surface area (TPSA) is 91.8 Å². The molecule has 6 aromatic carbocycles. The van der Waals surface area contributed by atoms with Crippen molar-refractivity contribution in [3.05, 3.63) is 223 Å². The van der Waals surface area contributed by atoms with Crippen LogP contribution in [-0.2, 0) is 26.1 Å². The Labute approximate surface area is 335 Å². The Kier molecular flexibility index (Phi) is 12.9. The van der Waals surface area contributed by atoms with Crippen LogP contribution in [0.1, 0.15) is 58.4 Å². The number of benzene rings is 6. The molecule has 0 aliphatic rings. The number of rotatable bonds is 16. The zero-order chi connectivity index (χ0) is 40.1. The van der Waals surface area contributed by atoms with E-state index in [1.165, 1.54) is 0 Å². The van der Waals surface area contributed by atoms with E-state index in [-0.39, 0.29) is 31.8 Å². The number of hydrogen-bond acceptors (Lipinski definition) is 6. The fourth-order valence-corrected chi connectivity index (χ4v) is 7.07. The standard InChI is InChI=1S/C49H46N2O6/c1-37-33-43(25-27-45(37)54-29-31-56-48(35-50-52,39-17-9-5-10-18-39)40-19-11-6-12-20-40)47(3,4)44-26-28-46(38(2)34-44)55-30-32-57-49(36-51-53,41-21-13-7-14-22-41)42-23-15-8-16-24-42/h5-28,33-34H,29-32H2,1-4H3. The van der Waals surface area contributed by atoms with Gasteiger partial charge in [0.1, 0.15) is 24.7 Å². The number of ether oxygens (including phenoxy) is 4. The predicted molar refractivity (Wildman–Crippen MR) is 226 cm³/mol. The van der Waals surface area contributed by atoms with Gasteiger partial charge in [-0.25, -0.2) is 0 Å². The molecule has 0 radical (unpaired) electrons. The second-order valence-corrected chi connectivity index (χ2v) is 14.2. The van der Waals surface area contributed by atoms with Gasteiger partial charge in [-0.2, -0.15) is 0 Å². The SMILES string of the molecule is Cc1cc(C(C)(C)c2ccc(OCCOC(C#[N+][O-])(c3ccccc3)c3ccccc3)c(C)c2)ccc1OCCOC(C#[N+][O-])(c1ccccc1)c1ccccc1. The molecule has 6 aromatic rings. The molecule has 57 heavy (non-hydrogen) atoms. The van der Waals surface area contributed by atoms with E-state index in [0.717, 1.165) is 56.0 Å². The molecule has 0 bridgehead atoms. The summed E-state index contributed by atoms with van der Waals surface area (Å²) >= 11 is 0. The summed E-state index contributed by atoms with van der Waals surface area (Å²) in [5, 5.41) is 29.3. The van der Waals surface area contributed by atoms with Crippen molar-refractivity contribution < 1.29 is 18.9 Å². The third-order valence-corrected chi connectivity index (χ3v) is 10.2. The maximum absolute atomic E-state index is 11.6. The van der Waals surface area contributed by atoms with Gasteiger partial charge in [0, 0.05) is 37.7 Å². The Morgan fingerprint density at radius 3 is 1.04 bits per heavy atom. The van der Waals surface area contributed by atoms with Gasteiger partial charge in [-0.1, -0.05) is 159 Å². The Morgan fingerprint density at radius 2 is 0.754 bits per heavy atom. The third kappa shape index (κ3) is 8.95. The summed E-state index contributed by atoms with van der Waals surface area (Å²) in [6, 6.07) is 55.8. The van der Waals surface area contributed by atoms with Crippen molar-refractivity contribution in [3.63, 3.8) is 0 Å². The predicted octanol–water partition coefficient (Wildman–Crippen LogP) is 11.0. The van der Waals surface area contributed by atoms with Gasteiger partial charge in [-0.15, -0.1) is 0 Å². The molecule has 0 saturated carbocycles. The summed E-state index contributed by atoms with van der Waals surface area (Å²) in [5.41, 5.74) is 4.37. The lowest BCUT2D eigenvalue weighted by molar-refractivity contribution is 0.00917. The molecule has 0 aliphatic heterocycles. The van der Waals surface area contributed by atoms with Crippen LogP contribution in [0.25, 0.3) is 10.0 Å². The van der Waals surface area contributed by atoms with Crippen molar-refractivity contribution in [2.45, 2.75) is 44.3 Å². The van der Waals surface area contributed by atoms with E-state index in [1.807, 2.05) is 147 Å². The molecule has 0 N–H and O–H groups in total. The van der Waals surface area contributed by atoms with Crippen LogP contribution >= 0.6 is 0 Å². The summed E-state index contributed by atoms with van der Waals surface area (Å²) in [7, 11) is 0. The van der Waals surface area contributed by atoms with Crippen LogP contribution in [0, 0.1) is 36.4 Å². The largest absolute Gasteiger partial charge is 0.498 e. The Morgan fingerprint density at radius 1 is 0.439 bits per heavy atom. The van der Waals surface area contributed by atoms with Crippen LogP contribution in [0.15, 0.2) is 158 Å². The van der Waals surface area contributed by atoms with Gasteiger partial charge >= 0.3 is 12.1 Å². The minimum atomic E-state index is -1.27. The van der Waals surface area contributed by atoms with Gasteiger partial charge in [-0.3, -0.25) is 0 Å². The number of nitrogens with zero attached hydrogens (tertiary/aromatic N) is 2. The molecule has 288 valence electrons. The zero-order valence-electron chi connectivity index (χ0n) is 32.7. The molecule has 0 aliphatic carbocycles. The van der Waals surface area contributed by atoms with E-state index >= 15 is 0 Å². The second kappa shape index (κ2) is 18.4. The van der Waals surface area contributed by atoms with Crippen LogP contribution < -0.4 is 9.47 Å². The molecule has 6 rings (SSSR count). The summed E-state index contributed by atoms with van der Waals surface area (Å²) in [6.45, 7) is 9.33. The fourth-order valence-electron chi connectivity index (χ4n) is 7.07. The van der Waals surface area contributed by atoms with Gasteiger partial charge in [0.25, 0.3) is 11.2 Å². The fraction of sp³-hybridized carbons (Fsp3) is 0.224. The summed E-state index contributed by atoms with van der Waals surface area (Å²) in [5.74, 6) is 1.49. The number of aryl methyl sites for hydroxylation is 2. The van der Waals surface area contributed by atoms with Gasteiger partial charge < -0.3 is 29.4 Å². The summed E-state index contributed by atoms with van der Waals surface area (Å²) < 4.78 is 25.2. The average Bonchev–Trinajstić information content (AvgIpc) is 3.25. The van der Waals surface area contributed by atoms with Crippen molar-refractivity contribution >= 4 is 0 Å². The molecule has 0 saturated heterocycles. The van der Waals surface area contributed by atoms with Crippen molar-refractivity contribution in [3.8, 4) is 23.6 Å². The Bertz CT molecular complexity index is 2100. The molecule has 8 heteroatoms. The van der Waals surface area contributed by atoms with Crippen LogP contribution in [0.2, 0.25) is 0 Å². The monoisotopic (exact) mass is 758 g/mol. The highest BCUT2D eigenvalue weighted by molar-refractivity contribution is 5.48. The highest BCUT2D eigenvalue weighted by Crippen LogP contribution is 2.38. The average molecular weight is 759 g/mol. The van der Waals surface area contributed by atoms with Crippen molar-refractivity contribution in [1.82, 2.24) is 0 Å². The minimum absolute atomic E-state index is 0.187. The van der Waals surface area contributed by atoms with E-state index in [9.17, 15) is 10.4 Å². The van der Waals surface area contributed by atoms with Crippen LogP contribution in [0.3, 0.4) is 0 Å². The van der Waals surface area contributed by atoms with E-state index in [1.54, 1.807) is 0 Å². The number of hydrogen-bond donors (Lipinski definition) is 0. The first-order valence-electron chi connectivity index (χ1n) is 18.9. The molecular formula is C49H46N2O6. The quantitative estimate of drug-likeness (QED) is 0.0721. The second-order valence-electron chi connectivity index (χ2n) is 14.2. The van der Waals surface area contributed by atoms with Crippen LogP contribution in [-0.4, -0.2) is 26.4 Å². The molecule has 0 fully saturated rings. The van der Waals surface area contributed by atoms with Crippen molar-refractivity contribution in [2.24, 2.45) is 0 Å². The molecular weight excluding hydrogens is 713 g/mol. The smallest absolute Gasteiger partial charge is 0.344 e. The maximum Gasteiger partial charge on any atom is 0.344 e. The van der Waals surface area contributed by atoms with E-state index in [0.29, 0.717) is 0 Å². The normalized spacial score (nSPS) is 11.4. The molecule has 0 amide bonds. The maximum atomic E-state index is 11.6. The van der Waals surface area contributed by atoms with Gasteiger partial charge in [0.15, 0.2) is 0 Å². The summed E-state index contributed by atoms with van der Waals surface area (Å²) in [6.07, 6.45) is 0. The van der Waals surface area contributed by atoms with E-state index < -0.39 is 11.2 Å². The molecule has 0 heterocycles. The molecule has 0 spiro atoms. The highest BCUT2D eigenvalue weighted by atomic mass is 16.5.